The van der Waals surface area contributed by atoms with Crippen molar-refractivity contribution in [2.75, 3.05) is 19.6 Å². The van der Waals surface area contributed by atoms with Gasteiger partial charge >= 0.3 is 0 Å². The summed E-state index contributed by atoms with van der Waals surface area (Å²) in [5, 5.41) is 9.19. The molecule has 2 nitrogen and oxygen atoms in total. The van der Waals surface area contributed by atoms with Crippen LogP contribution in [-0.4, -0.2) is 35.7 Å². The van der Waals surface area contributed by atoms with Gasteiger partial charge in [0.1, 0.15) is 0 Å². The molecule has 3 heteroatoms. The molecular weight excluding hydrogens is 253 g/mol. The van der Waals surface area contributed by atoms with Crippen molar-refractivity contribution in [2.45, 2.75) is 18.9 Å². The Balaban J connectivity index is 2.20. The van der Waals surface area contributed by atoms with E-state index in [1.165, 1.54) is 0 Å². The van der Waals surface area contributed by atoms with Gasteiger partial charge in [-0.25, -0.2) is 0 Å². The first-order chi connectivity index (χ1) is 5.33. The van der Waals surface area contributed by atoms with Crippen molar-refractivity contribution in [3.63, 3.8) is 0 Å². The van der Waals surface area contributed by atoms with Crippen molar-refractivity contribution in [1.29, 1.82) is 0 Å². The zero-order valence-corrected chi connectivity index (χ0v) is 8.54. The van der Waals surface area contributed by atoms with E-state index in [9.17, 15) is 5.11 Å². The van der Waals surface area contributed by atoms with Gasteiger partial charge in [-0.3, -0.25) is 4.90 Å². The lowest BCUT2D eigenvalue weighted by molar-refractivity contribution is 0.0889. The molecule has 62 valence electrons. The van der Waals surface area contributed by atoms with Gasteiger partial charge in [-0.05, 0) is 16.8 Å². The van der Waals surface area contributed by atoms with Gasteiger partial charge in [0.2, 0.25) is 0 Å². The Morgan fingerprint density at radius 2 is 2.09 bits per heavy atom. The van der Waals surface area contributed by atoms with Crippen LogP contribution in [0.4, 0.5) is 0 Å². The fraction of sp³-hybridized carbons (Fsp3) is 0.750. The van der Waals surface area contributed by atoms with Crippen LogP contribution in [0.15, 0.2) is 0 Å². The van der Waals surface area contributed by atoms with Crippen LogP contribution in [0, 0.1) is 9.85 Å². The summed E-state index contributed by atoms with van der Waals surface area (Å²) in [4.78, 5) is 2.28. The number of likely N-dealkylation sites (tertiary alicyclic amines) is 1. The number of rotatable bonds is 1. The van der Waals surface area contributed by atoms with Crippen LogP contribution in [0.1, 0.15) is 12.8 Å². The Morgan fingerprint density at radius 3 is 2.64 bits per heavy atom. The molecule has 1 rings (SSSR count). The third kappa shape index (κ3) is 3.41. The number of hydrogen-bond donors (Lipinski definition) is 1. The molecule has 0 aromatic rings. The van der Waals surface area contributed by atoms with Crippen LogP contribution >= 0.6 is 22.6 Å². The van der Waals surface area contributed by atoms with Gasteiger partial charge < -0.3 is 5.11 Å². The molecule has 0 aromatic carbocycles. The van der Waals surface area contributed by atoms with Crippen LogP contribution < -0.4 is 0 Å². The highest BCUT2D eigenvalue weighted by atomic mass is 127. The van der Waals surface area contributed by atoms with E-state index in [0.717, 1.165) is 32.5 Å². The number of aliphatic hydroxyl groups excluding tert-OH is 1. The van der Waals surface area contributed by atoms with Gasteiger partial charge in [0.25, 0.3) is 0 Å². The van der Waals surface area contributed by atoms with Crippen molar-refractivity contribution in [3.05, 3.63) is 0 Å². The van der Waals surface area contributed by atoms with Gasteiger partial charge in [-0.1, -0.05) is 5.92 Å². The number of nitrogens with zero attached hydrogens (tertiary/aromatic N) is 1. The minimum Gasteiger partial charge on any atom is -0.393 e. The Morgan fingerprint density at radius 1 is 1.45 bits per heavy atom. The maximum Gasteiger partial charge on any atom is 0.0609 e. The van der Waals surface area contributed by atoms with Gasteiger partial charge in [0, 0.05) is 35.7 Å². The fourth-order valence-corrected chi connectivity index (χ4v) is 1.39. The number of aliphatic hydroxyl groups is 1. The molecule has 1 saturated heterocycles. The largest absolute Gasteiger partial charge is 0.393 e. The second-order valence-corrected chi connectivity index (χ2v) is 3.32. The molecule has 1 aliphatic rings. The maximum absolute atomic E-state index is 9.19. The summed E-state index contributed by atoms with van der Waals surface area (Å²) in [7, 11) is 0. The summed E-state index contributed by atoms with van der Waals surface area (Å²) in [6.07, 6.45) is 1.74. The highest BCUT2D eigenvalue weighted by Crippen LogP contribution is 2.08. The Hall–Kier alpha value is 0.210. The minimum absolute atomic E-state index is 0.0705. The van der Waals surface area contributed by atoms with E-state index in [2.05, 4.69) is 37.3 Å². The average Bonchev–Trinajstić information content (AvgIpc) is 2.04. The molecule has 1 N–H and O–H groups in total. The molecule has 1 fully saturated rings. The lowest BCUT2D eigenvalue weighted by Gasteiger charge is -2.27. The van der Waals surface area contributed by atoms with E-state index >= 15 is 0 Å². The maximum atomic E-state index is 9.19. The predicted molar refractivity (Wildman–Crippen MR) is 53.5 cm³/mol. The molecular formula is C8H12INO. The van der Waals surface area contributed by atoms with E-state index in [1.807, 2.05) is 0 Å². The summed E-state index contributed by atoms with van der Waals surface area (Å²) in [5.74, 6) is 3.01. The first-order valence-electron chi connectivity index (χ1n) is 3.82. The van der Waals surface area contributed by atoms with E-state index in [-0.39, 0.29) is 6.10 Å². The summed E-state index contributed by atoms with van der Waals surface area (Å²) >= 11 is 2.05. The quantitative estimate of drug-likeness (QED) is 0.561. The molecule has 0 atom stereocenters. The van der Waals surface area contributed by atoms with Crippen LogP contribution in [-0.2, 0) is 0 Å². The standard InChI is InChI=1S/C8H12INO/c9-4-1-5-10-6-2-8(11)3-7-10/h8,11H,2-3,5-7H2. The van der Waals surface area contributed by atoms with Gasteiger partial charge in [-0.2, -0.15) is 0 Å². The van der Waals surface area contributed by atoms with Crippen LogP contribution in [0.2, 0.25) is 0 Å². The summed E-state index contributed by atoms with van der Waals surface area (Å²) in [6.45, 7) is 2.84. The smallest absolute Gasteiger partial charge is 0.0609 e. The Bertz CT molecular complexity index is 165. The lowest BCUT2D eigenvalue weighted by Crippen LogP contribution is -2.35. The molecule has 11 heavy (non-hydrogen) atoms. The molecule has 0 aliphatic carbocycles. The zero-order valence-electron chi connectivity index (χ0n) is 6.39. The van der Waals surface area contributed by atoms with Crippen molar-refractivity contribution in [2.24, 2.45) is 0 Å². The number of piperidine rings is 1. The van der Waals surface area contributed by atoms with Gasteiger partial charge in [0.05, 0.1) is 12.6 Å². The summed E-state index contributed by atoms with van der Waals surface area (Å²) in [6, 6.07) is 0. The monoisotopic (exact) mass is 265 g/mol. The van der Waals surface area contributed by atoms with Crippen LogP contribution in [0.3, 0.4) is 0 Å². The first-order valence-corrected chi connectivity index (χ1v) is 4.89. The molecule has 0 bridgehead atoms. The normalized spacial score (nSPS) is 20.9. The lowest BCUT2D eigenvalue weighted by atomic mass is 10.1. The van der Waals surface area contributed by atoms with Crippen LogP contribution in [0.25, 0.3) is 0 Å². The number of hydrogen-bond acceptors (Lipinski definition) is 2. The molecule has 0 spiro atoms. The van der Waals surface area contributed by atoms with E-state index in [0.29, 0.717) is 0 Å². The topological polar surface area (TPSA) is 23.5 Å². The molecule has 1 aliphatic heterocycles. The predicted octanol–water partition coefficient (Wildman–Crippen LogP) is 0.839. The van der Waals surface area contributed by atoms with Gasteiger partial charge in [0.15, 0.2) is 0 Å². The van der Waals surface area contributed by atoms with Crippen molar-refractivity contribution < 1.29 is 5.11 Å². The zero-order chi connectivity index (χ0) is 8.10. The molecule has 0 unspecified atom stereocenters. The van der Waals surface area contributed by atoms with E-state index < -0.39 is 0 Å². The summed E-state index contributed by atoms with van der Waals surface area (Å²) < 4.78 is 2.84. The van der Waals surface area contributed by atoms with Crippen molar-refractivity contribution >= 4 is 22.6 Å². The minimum atomic E-state index is -0.0705. The second-order valence-electron chi connectivity index (χ2n) is 2.78. The Kier molecular flexibility index (Phi) is 4.20. The molecule has 0 aromatic heterocycles. The highest BCUT2D eigenvalue weighted by molar-refractivity contribution is 14.1. The Labute approximate surface area is 81.1 Å². The van der Waals surface area contributed by atoms with E-state index in [1.54, 1.807) is 0 Å². The van der Waals surface area contributed by atoms with Crippen molar-refractivity contribution in [1.82, 2.24) is 4.90 Å². The fourth-order valence-electron chi connectivity index (χ4n) is 1.22. The molecule has 0 radical (unpaired) electrons. The SMILES string of the molecule is OC1CCN(CC#CI)CC1. The van der Waals surface area contributed by atoms with Gasteiger partial charge in [-0.15, -0.1) is 0 Å². The highest BCUT2D eigenvalue weighted by Gasteiger charge is 2.15. The van der Waals surface area contributed by atoms with Crippen LogP contribution in [0.5, 0.6) is 0 Å². The third-order valence-electron chi connectivity index (χ3n) is 1.93. The average molecular weight is 265 g/mol. The second kappa shape index (κ2) is 4.96. The third-order valence-corrected chi connectivity index (χ3v) is 2.31. The first kappa shape index (κ1) is 9.30. The van der Waals surface area contributed by atoms with Crippen molar-refractivity contribution in [3.8, 4) is 9.85 Å². The molecule has 1 heterocycles. The number of halogens is 1. The summed E-state index contributed by atoms with van der Waals surface area (Å²) in [5.41, 5.74) is 0. The van der Waals surface area contributed by atoms with E-state index in [4.69, 9.17) is 0 Å². The molecule has 0 saturated carbocycles. The molecule has 0 amide bonds.